The zero-order valence-electron chi connectivity index (χ0n) is 8.05. The molecule has 0 bridgehead atoms. The van der Waals surface area contributed by atoms with Crippen molar-refractivity contribution in [3.05, 3.63) is 17.2 Å². The van der Waals surface area contributed by atoms with Gasteiger partial charge >= 0.3 is 0 Å². The van der Waals surface area contributed by atoms with Crippen LogP contribution >= 0.6 is 23.3 Å². The number of hydrogen-bond donors (Lipinski definition) is 1. The number of benzene rings is 1. The Kier molecular flexibility index (Phi) is 2.10. The van der Waals surface area contributed by atoms with E-state index in [0.29, 0.717) is 22.8 Å². The van der Waals surface area contributed by atoms with Crippen molar-refractivity contribution in [3.63, 3.8) is 0 Å². The van der Waals surface area contributed by atoms with Crippen molar-refractivity contribution >= 4 is 46.0 Å². The Morgan fingerprint density at radius 1 is 1.50 bits per heavy atom. The van der Waals surface area contributed by atoms with Crippen LogP contribution in [0.2, 0.25) is 5.02 Å². The molecule has 1 aliphatic rings. The molecule has 16 heavy (non-hydrogen) atoms. The van der Waals surface area contributed by atoms with E-state index in [2.05, 4.69) is 8.75 Å². The van der Waals surface area contributed by atoms with E-state index in [1.54, 1.807) is 17.0 Å². The highest BCUT2D eigenvalue weighted by atomic mass is 35.5. The number of rotatable bonds is 1. The van der Waals surface area contributed by atoms with Crippen LogP contribution in [0.4, 0.5) is 5.69 Å². The number of nitrogens with zero attached hydrogens (tertiary/aromatic N) is 3. The number of amides is 1. The van der Waals surface area contributed by atoms with Crippen LogP contribution in [-0.2, 0) is 4.79 Å². The summed E-state index contributed by atoms with van der Waals surface area (Å²) in [7, 11) is 0. The molecule has 1 aromatic heterocycles. The number of anilines is 1. The molecule has 1 fully saturated rings. The van der Waals surface area contributed by atoms with E-state index in [1.165, 1.54) is 0 Å². The van der Waals surface area contributed by atoms with Crippen LogP contribution in [0.3, 0.4) is 0 Å². The van der Waals surface area contributed by atoms with Crippen LogP contribution in [0.25, 0.3) is 11.0 Å². The molecule has 2 aromatic rings. The van der Waals surface area contributed by atoms with Gasteiger partial charge in [-0.3, -0.25) is 4.79 Å². The van der Waals surface area contributed by atoms with E-state index in [4.69, 9.17) is 17.3 Å². The third kappa shape index (κ3) is 1.24. The van der Waals surface area contributed by atoms with Gasteiger partial charge < -0.3 is 10.6 Å². The topological polar surface area (TPSA) is 72.1 Å². The first-order valence-corrected chi connectivity index (χ1v) is 5.77. The summed E-state index contributed by atoms with van der Waals surface area (Å²) in [6.07, 6.45) is 0. The lowest BCUT2D eigenvalue weighted by Crippen LogP contribution is -2.61. The molecule has 5 nitrogen and oxygen atoms in total. The summed E-state index contributed by atoms with van der Waals surface area (Å²) in [6, 6.07) is 3.09. The van der Waals surface area contributed by atoms with Crippen molar-refractivity contribution in [2.45, 2.75) is 6.04 Å². The molecule has 0 aliphatic carbocycles. The number of halogens is 1. The Morgan fingerprint density at radius 2 is 2.31 bits per heavy atom. The van der Waals surface area contributed by atoms with Crippen molar-refractivity contribution in [1.29, 1.82) is 0 Å². The van der Waals surface area contributed by atoms with E-state index in [-0.39, 0.29) is 5.91 Å². The number of hydrogen-bond acceptors (Lipinski definition) is 5. The molecule has 82 valence electrons. The summed E-state index contributed by atoms with van der Waals surface area (Å²) >= 11 is 7.18. The molecule has 1 aliphatic heterocycles. The quantitative estimate of drug-likeness (QED) is 0.772. The van der Waals surface area contributed by atoms with Gasteiger partial charge in [-0.25, -0.2) is 0 Å². The highest BCUT2D eigenvalue weighted by molar-refractivity contribution is 7.00. The Hall–Kier alpha value is -1.24. The second-order valence-corrected chi connectivity index (χ2v) is 4.52. The third-order valence-electron chi connectivity index (χ3n) is 2.58. The predicted molar refractivity (Wildman–Crippen MR) is 62.8 cm³/mol. The van der Waals surface area contributed by atoms with Crippen LogP contribution in [0, 0.1) is 0 Å². The second-order valence-electron chi connectivity index (χ2n) is 3.58. The first-order valence-electron chi connectivity index (χ1n) is 4.66. The largest absolute Gasteiger partial charge is 0.318 e. The number of carbonyl (C=O) groups is 1. The van der Waals surface area contributed by atoms with Crippen LogP contribution in [0.15, 0.2) is 12.1 Å². The van der Waals surface area contributed by atoms with E-state index in [9.17, 15) is 4.79 Å². The maximum Gasteiger partial charge on any atom is 0.245 e. The number of nitrogens with two attached hydrogens (primary N) is 1. The van der Waals surface area contributed by atoms with Gasteiger partial charge in [0.25, 0.3) is 0 Å². The van der Waals surface area contributed by atoms with Gasteiger partial charge in [0.2, 0.25) is 5.91 Å². The molecular formula is C9H7ClN4OS. The standard InChI is InChI=1S/C9H7ClN4OS/c10-4-1-2-6-7(13-16-12-6)8(4)14-3-5(11)9(14)15/h1-2,5H,3,11H2. The number of β-lactam (4-membered cyclic amide) rings is 1. The molecule has 1 saturated heterocycles. The number of aromatic nitrogens is 2. The Labute approximate surface area is 100 Å². The first-order chi connectivity index (χ1) is 7.68. The van der Waals surface area contributed by atoms with Gasteiger partial charge in [-0.15, -0.1) is 0 Å². The first kappa shape index (κ1) is 9.95. The normalized spacial score (nSPS) is 20.2. The fourth-order valence-corrected chi connectivity index (χ4v) is 2.52. The van der Waals surface area contributed by atoms with E-state index in [0.717, 1.165) is 17.2 Å². The van der Waals surface area contributed by atoms with Gasteiger partial charge in [0, 0.05) is 0 Å². The minimum atomic E-state index is -0.419. The van der Waals surface area contributed by atoms with Crippen LogP contribution in [0.5, 0.6) is 0 Å². The average Bonchev–Trinajstić information content (AvgIpc) is 2.74. The maximum absolute atomic E-state index is 11.6. The Balaban J connectivity index is 2.18. The SMILES string of the molecule is NC1CN(c2c(Cl)ccc3nsnc23)C1=O. The van der Waals surface area contributed by atoms with Crippen molar-refractivity contribution in [3.8, 4) is 0 Å². The monoisotopic (exact) mass is 254 g/mol. The highest BCUT2D eigenvalue weighted by Gasteiger charge is 2.37. The number of carbonyl (C=O) groups excluding carboxylic acids is 1. The van der Waals surface area contributed by atoms with Crippen LogP contribution < -0.4 is 10.6 Å². The van der Waals surface area contributed by atoms with E-state index < -0.39 is 6.04 Å². The molecule has 1 amide bonds. The molecule has 1 aromatic carbocycles. The molecule has 3 rings (SSSR count). The lowest BCUT2D eigenvalue weighted by Gasteiger charge is -2.36. The molecule has 0 spiro atoms. The summed E-state index contributed by atoms with van der Waals surface area (Å²) in [5, 5.41) is 0.500. The average molecular weight is 255 g/mol. The Bertz CT molecular complexity index is 584. The van der Waals surface area contributed by atoms with Crippen LogP contribution in [-0.4, -0.2) is 27.2 Å². The van der Waals surface area contributed by atoms with Gasteiger partial charge in [-0.2, -0.15) is 8.75 Å². The lowest BCUT2D eigenvalue weighted by atomic mass is 10.1. The smallest absolute Gasteiger partial charge is 0.245 e. The van der Waals surface area contributed by atoms with Crippen LogP contribution in [0.1, 0.15) is 0 Å². The number of fused-ring (bicyclic) bond motifs is 1. The molecule has 2 heterocycles. The zero-order chi connectivity index (χ0) is 11.3. The molecular weight excluding hydrogens is 248 g/mol. The minimum Gasteiger partial charge on any atom is -0.318 e. The van der Waals surface area contributed by atoms with E-state index >= 15 is 0 Å². The highest BCUT2D eigenvalue weighted by Crippen LogP contribution is 2.35. The van der Waals surface area contributed by atoms with E-state index in [1.807, 2.05) is 0 Å². The van der Waals surface area contributed by atoms with Gasteiger partial charge in [0.05, 0.1) is 29.0 Å². The van der Waals surface area contributed by atoms with Gasteiger partial charge in [0.1, 0.15) is 17.1 Å². The second kappa shape index (κ2) is 3.38. The summed E-state index contributed by atoms with van der Waals surface area (Å²) < 4.78 is 8.26. The maximum atomic E-state index is 11.6. The molecule has 0 saturated carbocycles. The van der Waals surface area contributed by atoms with Crippen molar-refractivity contribution in [2.75, 3.05) is 11.4 Å². The Morgan fingerprint density at radius 3 is 3.00 bits per heavy atom. The summed E-state index contributed by atoms with van der Waals surface area (Å²) in [5.74, 6) is -0.123. The fraction of sp³-hybridized carbons (Fsp3) is 0.222. The van der Waals surface area contributed by atoms with Crippen molar-refractivity contribution in [1.82, 2.24) is 8.75 Å². The summed E-state index contributed by atoms with van der Waals surface area (Å²) in [6.45, 7) is 0.481. The van der Waals surface area contributed by atoms with Gasteiger partial charge in [-0.1, -0.05) is 11.6 Å². The summed E-state index contributed by atoms with van der Waals surface area (Å²) in [4.78, 5) is 13.1. The molecule has 2 N–H and O–H groups in total. The predicted octanol–water partition coefficient (Wildman–Crippen LogP) is 1.02. The molecule has 1 unspecified atom stereocenters. The van der Waals surface area contributed by atoms with Crippen molar-refractivity contribution < 1.29 is 4.79 Å². The van der Waals surface area contributed by atoms with Gasteiger partial charge in [0.15, 0.2) is 0 Å². The van der Waals surface area contributed by atoms with Crippen molar-refractivity contribution in [2.24, 2.45) is 5.73 Å². The lowest BCUT2D eigenvalue weighted by molar-refractivity contribution is -0.123. The molecule has 1 atom stereocenters. The molecule has 7 heteroatoms. The molecule has 0 radical (unpaired) electrons. The fourth-order valence-electron chi connectivity index (χ4n) is 1.72. The summed E-state index contributed by atoms with van der Waals surface area (Å²) in [5.41, 5.74) is 7.59. The minimum absolute atomic E-state index is 0.123. The zero-order valence-corrected chi connectivity index (χ0v) is 9.63. The third-order valence-corrected chi connectivity index (χ3v) is 3.43. The van der Waals surface area contributed by atoms with Gasteiger partial charge in [-0.05, 0) is 12.1 Å².